The van der Waals surface area contributed by atoms with Crippen molar-refractivity contribution in [1.82, 2.24) is 5.32 Å². The molecular formula is C13H18FNO2. The minimum atomic E-state index is -0.431. The van der Waals surface area contributed by atoms with Crippen molar-refractivity contribution in [3.8, 4) is 0 Å². The second-order valence-corrected chi connectivity index (χ2v) is 4.37. The van der Waals surface area contributed by atoms with E-state index in [2.05, 4.69) is 5.32 Å². The van der Waals surface area contributed by atoms with Crippen LogP contribution in [-0.4, -0.2) is 23.7 Å². The van der Waals surface area contributed by atoms with E-state index in [9.17, 15) is 14.3 Å². The molecule has 3 nitrogen and oxygen atoms in total. The van der Waals surface area contributed by atoms with Crippen molar-refractivity contribution in [3.05, 3.63) is 35.6 Å². The summed E-state index contributed by atoms with van der Waals surface area (Å²) in [4.78, 5) is 11.6. The van der Waals surface area contributed by atoms with Gasteiger partial charge in [-0.3, -0.25) is 4.79 Å². The fourth-order valence-corrected chi connectivity index (χ4v) is 1.40. The summed E-state index contributed by atoms with van der Waals surface area (Å²) in [7, 11) is 0. The summed E-state index contributed by atoms with van der Waals surface area (Å²) in [6.07, 6.45) is 0.0708. The van der Waals surface area contributed by atoms with Crippen LogP contribution < -0.4 is 5.32 Å². The molecule has 4 heteroatoms. The number of nitrogens with one attached hydrogen (secondary N) is 1. The first-order valence-corrected chi connectivity index (χ1v) is 5.72. The predicted molar refractivity (Wildman–Crippen MR) is 64.2 cm³/mol. The molecule has 1 amide bonds. The Morgan fingerprint density at radius 3 is 2.76 bits per heavy atom. The maximum absolute atomic E-state index is 12.9. The van der Waals surface area contributed by atoms with Crippen LogP contribution >= 0.6 is 0 Å². The van der Waals surface area contributed by atoms with Gasteiger partial charge in [0.25, 0.3) is 5.91 Å². The highest BCUT2D eigenvalue weighted by Crippen LogP contribution is 2.05. The maximum Gasteiger partial charge on any atom is 0.251 e. The number of aliphatic hydroxyl groups excluding tert-OH is 1. The Bertz CT molecular complexity index is 379. The lowest BCUT2D eigenvalue weighted by atomic mass is 10.0. The van der Waals surface area contributed by atoms with Crippen molar-refractivity contribution in [2.75, 3.05) is 6.54 Å². The third-order valence-corrected chi connectivity index (χ3v) is 2.58. The molecule has 0 saturated carbocycles. The third kappa shape index (κ3) is 4.53. The summed E-state index contributed by atoms with van der Waals surface area (Å²) < 4.78 is 12.9. The molecule has 1 atom stereocenters. The second kappa shape index (κ2) is 6.35. The number of aliphatic hydroxyl groups is 1. The number of hydrogen-bond donors (Lipinski definition) is 2. The molecule has 17 heavy (non-hydrogen) atoms. The van der Waals surface area contributed by atoms with Crippen molar-refractivity contribution in [2.24, 2.45) is 5.92 Å². The number of carbonyl (C=O) groups is 1. The van der Waals surface area contributed by atoms with Crippen molar-refractivity contribution in [3.63, 3.8) is 0 Å². The molecule has 0 radical (unpaired) electrons. The maximum atomic E-state index is 12.9. The lowest BCUT2D eigenvalue weighted by Gasteiger charge is -2.14. The summed E-state index contributed by atoms with van der Waals surface area (Å²) in [6.45, 7) is 4.22. The number of halogens is 1. The number of carbonyl (C=O) groups excluding carboxylic acids is 1. The monoisotopic (exact) mass is 239 g/mol. The molecule has 1 unspecified atom stereocenters. The molecule has 0 aromatic heterocycles. The van der Waals surface area contributed by atoms with Crippen molar-refractivity contribution < 1.29 is 14.3 Å². The van der Waals surface area contributed by atoms with E-state index in [1.54, 1.807) is 6.07 Å². The van der Waals surface area contributed by atoms with E-state index in [1.807, 2.05) is 13.8 Å². The average Bonchev–Trinajstić information content (AvgIpc) is 2.28. The zero-order valence-corrected chi connectivity index (χ0v) is 10.1. The topological polar surface area (TPSA) is 49.3 Å². The summed E-state index contributed by atoms with van der Waals surface area (Å²) in [5, 5.41) is 12.2. The first kappa shape index (κ1) is 13.6. The van der Waals surface area contributed by atoms with E-state index in [1.165, 1.54) is 18.2 Å². The summed E-state index contributed by atoms with van der Waals surface area (Å²) in [5.74, 6) is -0.582. The van der Waals surface area contributed by atoms with Gasteiger partial charge in [-0.25, -0.2) is 4.39 Å². The van der Waals surface area contributed by atoms with E-state index < -0.39 is 11.9 Å². The third-order valence-electron chi connectivity index (χ3n) is 2.58. The van der Waals surface area contributed by atoms with E-state index >= 15 is 0 Å². The Labute approximate surface area is 101 Å². The highest BCUT2D eigenvalue weighted by Gasteiger charge is 2.10. The van der Waals surface area contributed by atoms with Crippen LogP contribution in [0.1, 0.15) is 30.6 Å². The molecule has 94 valence electrons. The molecule has 0 saturated heterocycles. The average molecular weight is 239 g/mol. The van der Waals surface area contributed by atoms with Gasteiger partial charge in [0, 0.05) is 12.1 Å². The fourth-order valence-electron chi connectivity index (χ4n) is 1.40. The summed E-state index contributed by atoms with van der Waals surface area (Å²) in [6, 6.07) is 5.53. The Hall–Kier alpha value is -1.42. The van der Waals surface area contributed by atoms with Crippen molar-refractivity contribution in [2.45, 2.75) is 26.4 Å². The van der Waals surface area contributed by atoms with Gasteiger partial charge < -0.3 is 10.4 Å². The van der Waals surface area contributed by atoms with E-state index in [0.29, 0.717) is 18.5 Å². The Morgan fingerprint density at radius 1 is 1.47 bits per heavy atom. The molecule has 0 bridgehead atoms. The summed E-state index contributed by atoms with van der Waals surface area (Å²) in [5.41, 5.74) is 0.295. The van der Waals surface area contributed by atoms with Crippen molar-refractivity contribution in [1.29, 1.82) is 0 Å². The summed E-state index contributed by atoms with van der Waals surface area (Å²) >= 11 is 0. The van der Waals surface area contributed by atoms with Gasteiger partial charge in [-0.2, -0.15) is 0 Å². The Balaban J connectivity index is 2.40. The van der Waals surface area contributed by atoms with Gasteiger partial charge in [0.2, 0.25) is 0 Å². The normalized spacial score (nSPS) is 12.5. The molecule has 1 aromatic rings. The van der Waals surface area contributed by atoms with Gasteiger partial charge in [-0.05, 0) is 30.5 Å². The molecule has 0 fully saturated rings. The first-order chi connectivity index (χ1) is 8.00. The van der Waals surface area contributed by atoms with Crippen LogP contribution in [-0.2, 0) is 0 Å². The Morgan fingerprint density at radius 2 is 2.18 bits per heavy atom. The minimum Gasteiger partial charge on any atom is -0.393 e. The molecule has 2 N–H and O–H groups in total. The van der Waals surface area contributed by atoms with Gasteiger partial charge in [0.1, 0.15) is 5.82 Å². The quantitative estimate of drug-likeness (QED) is 0.825. The van der Waals surface area contributed by atoms with Crippen LogP contribution in [0.4, 0.5) is 4.39 Å². The zero-order valence-electron chi connectivity index (χ0n) is 10.1. The highest BCUT2D eigenvalue weighted by atomic mass is 19.1. The van der Waals surface area contributed by atoms with Gasteiger partial charge in [0.15, 0.2) is 0 Å². The van der Waals surface area contributed by atoms with Crippen LogP contribution in [0.5, 0.6) is 0 Å². The van der Waals surface area contributed by atoms with Gasteiger partial charge in [-0.1, -0.05) is 19.9 Å². The number of rotatable bonds is 5. The highest BCUT2D eigenvalue weighted by molar-refractivity contribution is 5.94. The number of hydrogen-bond acceptors (Lipinski definition) is 2. The standard InChI is InChI=1S/C13H18FNO2/c1-9(2)12(16)6-7-15-13(17)10-4-3-5-11(14)8-10/h3-5,8-9,12,16H,6-7H2,1-2H3,(H,15,17). The predicted octanol–water partition coefficient (Wildman–Crippen LogP) is 1.96. The van der Waals surface area contributed by atoms with Crippen LogP contribution in [0, 0.1) is 11.7 Å². The largest absolute Gasteiger partial charge is 0.393 e. The zero-order chi connectivity index (χ0) is 12.8. The first-order valence-electron chi connectivity index (χ1n) is 5.72. The van der Waals surface area contributed by atoms with Crippen LogP contribution in [0.25, 0.3) is 0 Å². The molecule has 1 aromatic carbocycles. The van der Waals surface area contributed by atoms with Crippen LogP contribution in [0.2, 0.25) is 0 Å². The van der Waals surface area contributed by atoms with Crippen LogP contribution in [0.15, 0.2) is 24.3 Å². The van der Waals surface area contributed by atoms with Crippen LogP contribution in [0.3, 0.4) is 0 Å². The Kier molecular flexibility index (Phi) is 5.10. The fraction of sp³-hybridized carbons (Fsp3) is 0.462. The van der Waals surface area contributed by atoms with Gasteiger partial charge in [-0.15, -0.1) is 0 Å². The number of benzene rings is 1. The SMILES string of the molecule is CC(C)C(O)CCNC(=O)c1cccc(F)c1. The molecule has 0 aliphatic carbocycles. The van der Waals surface area contributed by atoms with E-state index in [-0.39, 0.29) is 11.8 Å². The van der Waals surface area contributed by atoms with E-state index in [4.69, 9.17) is 0 Å². The molecular weight excluding hydrogens is 221 g/mol. The molecule has 0 aliphatic rings. The minimum absolute atomic E-state index is 0.168. The lowest BCUT2D eigenvalue weighted by molar-refractivity contribution is 0.0919. The smallest absolute Gasteiger partial charge is 0.251 e. The molecule has 0 spiro atoms. The van der Waals surface area contributed by atoms with E-state index in [0.717, 1.165) is 0 Å². The van der Waals surface area contributed by atoms with Gasteiger partial charge in [0.05, 0.1) is 6.10 Å². The molecule has 1 rings (SSSR count). The molecule has 0 aliphatic heterocycles. The van der Waals surface area contributed by atoms with Crippen molar-refractivity contribution >= 4 is 5.91 Å². The number of amides is 1. The molecule has 0 heterocycles. The van der Waals surface area contributed by atoms with Gasteiger partial charge >= 0.3 is 0 Å². The lowest BCUT2D eigenvalue weighted by Crippen LogP contribution is -2.28. The second-order valence-electron chi connectivity index (χ2n) is 4.37.